The van der Waals surface area contributed by atoms with Crippen LogP contribution in [0.3, 0.4) is 0 Å². The van der Waals surface area contributed by atoms with Gasteiger partial charge in [0.1, 0.15) is 5.60 Å². The first-order valence-electron chi connectivity index (χ1n) is 4.88. The van der Waals surface area contributed by atoms with Gasteiger partial charge in [-0.25, -0.2) is 0 Å². The highest BCUT2D eigenvalue weighted by molar-refractivity contribution is 5.75. The zero-order chi connectivity index (χ0) is 9.90. The van der Waals surface area contributed by atoms with Gasteiger partial charge in [0.05, 0.1) is 5.92 Å². The van der Waals surface area contributed by atoms with E-state index in [1.165, 1.54) is 0 Å². The number of hydrogen-bond acceptors (Lipinski definition) is 2. The van der Waals surface area contributed by atoms with Crippen molar-refractivity contribution in [2.75, 3.05) is 0 Å². The smallest absolute Gasteiger partial charge is 0.313 e. The Morgan fingerprint density at radius 3 is 2.62 bits per heavy atom. The molecule has 0 amide bonds. The number of esters is 1. The van der Waals surface area contributed by atoms with Crippen molar-refractivity contribution in [3.63, 3.8) is 0 Å². The minimum atomic E-state index is -0.359. The maximum absolute atomic E-state index is 11.5. The molecule has 0 saturated heterocycles. The van der Waals surface area contributed by atoms with E-state index < -0.39 is 0 Å². The molecule has 1 atom stereocenters. The molecule has 0 bridgehead atoms. The monoisotopic (exact) mass is 182 g/mol. The first kappa shape index (κ1) is 10.3. The average Bonchev–Trinajstić information content (AvgIpc) is 2.03. The van der Waals surface area contributed by atoms with E-state index in [0.717, 1.165) is 19.3 Å². The molecule has 13 heavy (non-hydrogen) atoms. The van der Waals surface area contributed by atoms with E-state index >= 15 is 0 Å². The molecule has 1 unspecified atom stereocenters. The second-order valence-electron chi connectivity index (χ2n) is 4.50. The Kier molecular flexibility index (Phi) is 3.12. The highest BCUT2D eigenvalue weighted by atomic mass is 16.6. The summed E-state index contributed by atoms with van der Waals surface area (Å²) < 4.78 is 5.29. The van der Waals surface area contributed by atoms with Crippen molar-refractivity contribution < 1.29 is 9.53 Å². The SMILES string of the molecule is CC(C)(C)OC(=O)C1C=CCCC1. The number of carbonyl (C=O) groups is 1. The molecule has 0 aliphatic heterocycles. The maximum atomic E-state index is 11.5. The van der Waals surface area contributed by atoms with Crippen LogP contribution in [0, 0.1) is 5.92 Å². The quantitative estimate of drug-likeness (QED) is 0.460. The molecule has 0 aromatic heterocycles. The van der Waals surface area contributed by atoms with Crippen molar-refractivity contribution in [3.8, 4) is 0 Å². The van der Waals surface area contributed by atoms with E-state index in [1.54, 1.807) is 0 Å². The second kappa shape index (κ2) is 3.95. The van der Waals surface area contributed by atoms with Gasteiger partial charge >= 0.3 is 5.97 Å². The third-order valence-electron chi connectivity index (χ3n) is 1.96. The van der Waals surface area contributed by atoms with E-state index in [-0.39, 0.29) is 17.5 Å². The van der Waals surface area contributed by atoms with Crippen molar-refractivity contribution in [3.05, 3.63) is 12.2 Å². The van der Waals surface area contributed by atoms with Gasteiger partial charge in [0.15, 0.2) is 0 Å². The fraction of sp³-hybridized carbons (Fsp3) is 0.727. The number of allylic oxidation sites excluding steroid dienone is 1. The molecule has 0 saturated carbocycles. The lowest BCUT2D eigenvalue weighted by Crippen LogP contribution is -2.28. The Morgan fingerprint density at radius 1 is 1.46 bits per heavy atom. The molecule has 0 heterocycles. The van der Waals surface area contributed by atoms with Crippen LogP contribution in [0.5, 0.6) is 0 Å². The van der Waals surface area contributed by atoms with Crippen LogP contribution in [0.2, 0.25) is 0 Å². The lowest BCUT2D eigenvalue weighted by molar-refractivity contribution is -0.158. The number of ether oxygens (including phenoxy) is 1. The molecular weight excluding hydrogens is 164 g/mol. The molecule has 0 spiro atoms. The van der Waals surface area contributed by atoms with Gasteiger partial charge in [-0.15, -0.1) is 0 Å². The molecule has 1 aliphatic carbocycles. The van der Waals surface area contributed by atoms with Crippen LogP contribution >= 0.6 is 0 Å². The molecule has 1 aliphatic rings. The van der Waals surface area contributed by atoms with Gasteiger partial charge in [-0.3, -0.25) is 4.79 Å². The van der Waals surface area contributed by atoms with Crippen molar-refractivity contribution in [2.45, 2.75) is 45.6 Å². The van der Waals surface area contributed by atoms with Crippen LogP contribution < -0.4 is 0 Å². The predicted molar refractivity (Wildman–Crippen MR) is 52.3 cm³/mol. The molecule has 0 N–H and O–H groups in total. The molecule has 0 aromatic carbocycles. The van der Waals surface area contributed by atoms with E-state index in [9.17, 15) is 4.79 Å². The molecule has 2 nitrogen and oxygen atoms in total. The minimum Gasteiger partial charge on any atom is -0.460 e. The van der Waals surface area contributed by atoms with Gasteiger partial charge in [0.25, 0.3) is 0 Å². The standard InChI is InChI=1S/C11H18O2/c1-11(2,3)13-10(12)9-7-5-4-6-8-9/h5,7,9H,4,6,8H2,1-3H3. The van der Waals surface area contributed by atoms with Crippen LogP contribution in [0.15, 0.2) is 12.2 Å². The van der Waals surface area contributed by atoms with Crippen molar-refractivity contribution in [1.29, 1.82) is 0 Å². The topological polar surface area (TPSA) is 26.3 Å². The summed E-state index contributed by atoms with van der Waals surface area (Å²) in [6.07, 6.45) is 7.17. The molecular formula is C11H18O2. The lowest BCUT2D eigenvalue weighted by Gasteiger charge is -2.23. The van der Waals surface area contributed by atoms with Crippen molar-refractivity contribution >= 4 is 5.97 Å². The number of hydrogen-bond donors (Lipinski definition) is 0. The number of carbonyl (C=O) groups excluding carboxylic acids is 1. The Balaban J connectivity index is 2.47. The summed E-state index contributed by atoms with van der Waals surface area (Å²) >= 11 is 0. The summed E-state index contributed by atoms with van der Waals surface area (Å²) in [5.41, 5.74) is -0.359. The Labute approximate surface area is 80.0 Å². The van der Waals surface area contributed by atoms with Gasteiger partial charge < -0.3 is 4.74 Å². The first-order valence-corrected chi connectivity index (χ1v) is 4.88. The summed E-state index contributed by atoms with van der Waals surface area (Å²) in [5, 5.41) is 0. The molecule has 0 fully saturated rings. The third kappa shape index (κ3) is 3.62. The second-order valence-corrected chi connectivity index (χ2v) is 4.50. The van der Waals surface area contributed by atoms with E-state index in [4.69, 9.17) is 4.74 Å². The third-order valence-corrected chi connectivity index (χ3v) is 1.96. The normalized spacial score (nSPS) is 22.8. The fourth-order valence-electron chi connectivity index (χ4n) is 1.39. The molecule has 1 rings (SSSR count). The van der Waals surface area contributed by atoms with Gasteiger partial charge in [0.2, 0.25) is 0 Å². The van der Waals surface area contributed by atoms with Crippen LogP contribution in [0.1, 0.15) is 40.0 Å². The molecule has 2 heteroatoms. The molecule has 74 valence electrons. The van der Waals surface area contributed by atoms with E-state index in [0.29, 0.717) is 0 Å². The fourth-order valence-corrected chi connectivity index (χ4v) is 1.39. The maximum Gasteiger partial charge on any atom is 0.313 e. The van der Waals surface area contributed by atoms with Gasteiger partial charge in [-0.05, 0) is 40.0 Å². The van der Waals surface area contributed by atoms with Gasteiger partial charge in [-0.2, -0.15) is 0 Å². The summed E-state index contributed by atoms with van der Waals surface area (Å²) in [6, 6.07) is 0. The Morgan fingerprint density at radius 2 is 2.15 bits per heavy atom. The number of rotatable bonds is 1. The minimum absolute atomic E-state index is 0.00650. The first-order chi connectivity index (χ1) is 5.99. The summed E-state index contributed by atoms with van der Waals surface area (Å²) in [5.74, 6) is -0.0866. The van der Waals surface area contributed by atoms with Crippen molar-refractivity contribution in [1.82, 2.24) is 0 Å². The van der Waals surface area contributed by atoms with Crippen LogP contribution in [-0.2, 0) is 9.53 Å². The summed E-state index contributed by atoms with van der Waals surface area (Å²) in [4.78, 5) is 11.5. The van der Waals surface area contributed by atoms with Crippen molar-refractivity contribution in [2.24, 2.45) is 5.92 Å². The zero-order valence-corrected chi connectivity index (χ0v) is 8.67. The Bertz CT molecular complexity index is 211. The molecule has 0 radical (unpaired) electrons. The van der Waals surface area contributed by atoms with Crippen LogP contribution in [-0.4, -0.2) is 11.6 Å². The predicted octanol–water partition coefficient (Wildman–Crippen LogP) is 2.68. The highest BCUT2D eigenvalue weighted by Crippen LogP contribution is 2.20. The van der Waals surface area contributed by atoms with Crippen LogP contribution in [0.25, 0.3) is 0 Å². The summed E-state index contributed by atoms with van der Waals surface area (Å²) in [7, 11) is 0. The Hall–Kier alpha value is -0.790. The average molecular weight is 182 g/mol. The van der Waals surface area contributed by atoms with Gasteiger partial charge in [-0.1, -0.05) is 12.2 Å². The lowest BCUT2D eigenvalue weighted by atomic mass is 9.96. The van der Waals surface area contributed by atoms with Gasteiger partial charge in [0, 0.05) is 0 Å². The molecule has 0 aromatic rings. The van der Waals surface area contributed by atoms with E-state index in [1.807, 2.05) is 26.8 Å². The highest BCUT2D eigenvalue weighted by Gasteiger charge is 2.23. The largest absolute Gasteiger partial charge is 0.460 e. The van der Waals surface area contributed by atoms with Crippen LogP contribution in [0.4, 0.5) is 0 Å². The summed E-state index contributed by atoms with van der Waals surface area (Å²) in [6.45, 7) is 5.70. The van der Waals surface area contributed by atoms with E-state index in [2.05, 4.69) is 6.08 Å². The zero-order valence-electron chi connectivity index (χ0n) is 8.67.